The predicted molar refractivity (Wildman–Crippen MR) is 289 cm³/mol. The molecule has 0 saturated heterocycles. The highest BCUT2D eigenvalue weighted by atomic mass is 16.7. The number of rotatable bonds is 18. The molecule has 0 radical (unpaired) electrons. The van der Waals surface area contributed by atoms with Crippen LogP contribution < -0.4 is 18.9 Å². The van der Waals surface area contributed by atoms with Crippen molar-refractivity contribution in [3.8, 4) is 103 Å². The Morgan fingerprint density at radius 2 is 0.697 bits per heavy atom. The first-order valence-corrected chi connectivity index (χ1v) is 24.5. The lowest BCUT2D eigenvalue weighted by Crippen LogP contribution is -2.19. The number of nitrogens with zero attached hydrogens (tertiary/aromatic N) is 6. The number of carbonyl (C=O) groups is 1. The first-order valence-electron chi connectivity index (χ1n) is 24.5. The fourth-order valence-corrected chi connectivity index (χ4v) is 8.24. The van der Waals surface area contributed by atoms with Crippen LogP contribution in [0.5, 0.6) is 34.5 Å². The third-order valence-electron chi connectivity index (χ3n) is 12.4. The Morgan fingerprint density at radius 1 is 0.382 bits per heavy atom. The van der Waals surface area contributed by atoms with Crippen LogP contribution in [0.1, 0.15) is 25.0 Å². The quantitative estimate of drug-likeness (QED) is 0.0470. The van der Waals surface area contributed by atoms with Crippen LogP contribution in [0.15, 0.2) is 206 Å². The summed E-state index contributed by atoms with van der Waals surface area (Å²) >= 11 is 0. The third kappa shape index (κ3) is 11.9. The lowest BCUT2D eigenvalue weighted by Gasteiger charge is -2.26. The van der Waals surface area contributed by atoms with E-state index in [1.807, 2.05) is 158 Å². The van der Waals surface area contributed by atoms with E-state index in [4.69, 9.17) is 43.6 Å². The van der Waals surface area contributed by atoms with Gasteiger partial charge in [0, 0.05) is 39.8 Å². The van der Waals surface area contributed by atoms with Crippen molar-refractivity contribution in [2.45, 2.75) is 19.3 Å². The van der Waals surface area contributed by atoms with Gasteiger partial charge in [-0.2, -0.15) is 0 Å². The van der Waals surface area contributed by atoms with Crippen molar-refractivity contribution in [2.75, 3.05) is 26.4 Å². The van der Waals surface area contributed by atoms with Gasteiger partial charge in [0.15, 0.2) is 34.9 Å². The molecule has 0 spiro atoms. The Balaban J connectivity index is 0.680. The van der Waals surface area contributed by atoms with Crippen LogP contribution in [0.4, 0.5) is 4.79 Å². The van der Waals surface area contributed by atoms with Crippen LogP contribution in [0, 0.1) is 0 Å². The first-order chi connectivity index (χ1) is 37.1. The predicted octanol–water partition coefficient (Wildman–Crippen LogP) is 12.8. The van der Waals surface area contributed by atoms with Crippen molar-refractivity contribution < 1.29 is 38.7 Å². The van der Waals surface area contributed by atoms with Crippen LogP contribution in [-0.4, -0.2) is 72.7 Å². The summed E-state index contributed by atoms with van der Waals surface area (Å²) in [5.74, 6) is 4.31. The number of aromatic hydroxyl groups is 2. The fourth-order valence-electron chi connectivity index (χ4n) is 8.24. The molecule has 10 aromatic rings. The Bertz CT molecular complexity index is 3460. The van der Waals surface area contributed by atoms with Crippen molar-refractivity contribution in [1.29, 1.82) is 0 Å². The largest absolute Gasteiger partial charge is 0.513 e. The van der Waals surface area contributed by atoms with Gasteiger partial charge in [0.05, 0.1) is 11.1 Å². The minimum atomic E-state index is -0.879. The number of aromatic nitrogens is 6. The molecule has 2 heterocycles. The minimum absolute atomic E-state index is 0.0130. The molecular formula is C62H50N6O8. The summed E-state index contributed by atoms with van der Waals surface area (Å²) in [5.41, 5.74) is 5.80. The highest BCUT2D eigenvalue weighted by Crippen LogP contribution is 2.36. The van der Waals surface area contributed by atoms with Crippen molar-refractivity contribution in [1.82, 2.24) is 29.9 Å². The standard InChI is InChI=1S/C62H50N6O8/c1-62(2,45-23-27-47(28-24-45)72-35-36-73-49-31-33-51(53(69)39-49)59-65-55(41-15-7-3-8-16-41)63-56(66-59)42-17-9-4-10-18-42)46-25-29-48(30-26-46)76-61(71)75-38-37-74-50-32-34-52(54(70)40-50)60-67-57(43-19-11-5-12-20-43)64-58(68-60)44-21-13-6-14-22-44/h3-34,39-40,69-70H,35-38H2,1-2H3. The molecule has 0 unspecified atom stereocenters. The second-order valence-corrected chi connectivity index (χ2v) is 17.9. The van der Waals surface area contributed by atoms with Crippen molar-refractivity contribution in [3.05, 3.63) is 217 Å². The van der Waals surface area contributed by atoms with Crippen LogP contribution in [0.25, 0.3) is 68.3 Å². The minimum Gasteiger partial charge on any atom is -0.507 e. The van der Waals surface area contributed by atoms with Crippen molar-refractivity contribution >= 4 is 6.16 Å². The number of hydrogen-bond acceptors (Lipinski definition) is 14. The second-order valence-electron chi connectivity index (χ2n) is 17.9. The molecule has 0 aliphatic heterocycles. The average Bonchev–Trinajstić information content (AvgIpc) is 3.48. The van der Waals surface area contributed by atoms with E-state index in [2.05, 4.69) is 23.8 Å². The molecule has 76 heavy (non-hydrogen) atoms. The Kier molecular flexibility index (Phi) is 14.9. The van der Waals surface area contributed by atoms with Crippen molar-refractivity contribution in [2.24, 2.45) is 0 Å². The van der Waals surface area contributed by atoms with Gasteiger partial charge in [-0.25, -0.2) is 34.7 Å². The second kappa shape index (κ2) is 22.9. The van der Waals surface area contributed by atoms with E-state index in [0.717, 1.165) is 33.4 Å². The summed E-state index contributed by atoms with van der Waals surface area (Å²) in [6.45, 7) is 4.64. The zero-order valence-corrected chi connectivity index (χ0v) is 41.5. The Hall–Kier alpha value is -9.95. The summed E-state index contributed by atoms with van der Waals surface area (Å²) in [6.07, 6.45) is -0.879. The number of ether oxygens (including phenoxy) is 5. The number of benzene rings is 8. The smallest absolute Gasteiger partial charge is 0.507 e. The molecule has 0 fully saturated rings. The summed E-state index contributed by atoms with van der Waals surface area (Å²) in [7, 11) is 0. The fraction of sp³-hybridized carbons (Fsp3) is 0.113. The van der Waals surface area contributed by atoms with Gasteiger partial charge < -0.3 is 33.9 Å². The zero-order chi connectivity index (χ0) is 52.3. The zero-order valence-electron chi connectivity index (χ0n) is 41.5. The maximum absolute atomic E-state index is 12.6. The van der Waals surface area contributed by atoms with Gasteiger partial charge in [-0.05, 0) is 59.7 Å². The van der Waals surface area contributed by atoms with E-state index in [1.54, 1.807) is 42.5 Å². The molecule has 0 bridgehead atoms. The summed E-state index contributed by atoms with van der Waals surface area (Å²) in [4.78, 5) is 40.8. The molecule has 8 aromatic carbocycles. The van der Waals surface area contributed by atoms with E-state index in [1.165, 1.54) is 6.07 Å². The molecule has 0 amide bonds. The van der Waals surface area contributed by atoms with E-state index in [-0.39, 0.29) is 37.9 Å². The molecule has 14 heteroatoms. The highest BCUT2D eigenvalue weighted by molar-refractivity contribution is 5.72. The Morgan fingerprint density at radius 3 is 1.07 bits per heavy atom. The van der Waals surface area contributed by atoms with E-state index in [9.17, 15) is 15.0 Å². The van der Waals surface area contributed by atoms with E-state index in [0.29, 0.717) is 69.1 Å². The van der Waals surface area contributed by atoms with Gasteiger partial charge in [0.2, 0.25) is 0 Å². The third-order valence-corrected chi connectivity index (χ3v) is 12.4. The Labute approximate surface area is 439 Å². The van der Waals surface area contributed by atoms with Crippen molar-refractivity contribution in [3.63, 3.8) is 0 Å². The molecule has 10 rings (SSSR count). The monoisotopic (exact) mass is 1010 g/mol. The summed E-state index contributed by atoms with van der Waals surface area (Å²) in [6, 6.07) is 63.4. The number of phenols is 2. The van der Waals surface area contributed by atoms with E-state index >= 15 is 0 Å². The molecule has 0 atom stereocenters. The molecule has 14 nitrogen and oxygen atoms in total. The first kappa shape index (κ1) is 49.6. The van der Waals surface area contributed by atoms with Gasteiger partial charge in [0.1, 0.15) is 60.9 Å². The number of hydrogen-bond donors (Lipinski definition) is 2. The normalized spacial score (nSPS) is 11.1. The number of phenolic OH excluding ortho intramolecular Hbond substituents is 2. The van der Waals surface area contributed by atoms with E-state index < -0.39 is 11.6 Å². The SMILES string of the molecule is CC(C)(c1ccc(OCCOc2ccc(-c3nc(-c4ccccc4)nc(-c4ccccc4)n3)c(O)c2)cc1)c1ccc(OC(=O)OCCOc2ccc(-c3nc(-c4ccccc4)nc(-c4ccccc4)n3)c(O)c2)cc1. The van der Waals surface area contributed by atoms with Gasteiger partial charge in [0.25, 0.3) is 0 Å². The van der Waals surface area contributed by atoms with Gasteiger partial charge in [-0.15, -0.1) is 0 Å². The molecule has 2 N–H and O–H groups in total. The summed E-state index contributed by atoms with van der Waals surface area (Å²) in [5, 5.41) is 22.2. The molecule has 0 saturated carbocycles. The maximum atomic E-state index is 12.6. The van der Waals surface area contributed by atoms with Crippen LogP contribution in [0.2, 0.25) is 0 Å². The van der Waals surface area contributed by atoms with Crippen LogP contribution in [0.3, 0.4) is 0 Å². The summed E-state index contributed by atoms with van der Waals surface area (Å²) < 4.78 is 28.4. The lowest BCUT2D eigenvalue weighted by molar-refractivity contribution is 0.0847. The van der Waals surface area contributed by atoms with Crippen LogP contribution in [-0.2, 0) is 10.2 Å². The highest BCUT2D eigenvalue weighted by Gasteiger charge is 2.24. The maximum Gasteiger partial charge on any atom is 0.513 e. The molecule has 0 aliphatic rings. The van der Waals surface area contributed by atoms with Crippen LogP contribution >= 0.6 is 0 Å². The molecule has 376 valence electrons. The topological polar surface area (TPSA) is 181 Å². The van der Waals surface area contributed by atoms with Gasteiger partial charge in [-0.1, -0.05) is 159 Å². The number of carbonyl (C=O) groups excluding carboxylic acids is 1. The lowest BCUT2D eigenvalue weighted by atomic mass is 9.78. The van der Waals surface area contributed by atoms with Gasteiger partial charge >= 0.3 is 6.16 Å². The average molecular weight is 1010 g/mol. The molecule has 0 aliphatic carbocycles. The molecule has 2 aromatic heterocycles. The molecular weight excluding hydrogens is 957 g/mol. The van der Waals surface area contributed by atoms with Gasteiger partial charge in [-0.3, -0.25) is 0 Å².